The predicted octanol–water partition coefficient (Wildman–Crippen LogP) is 2.50. The number of aliphatic hydroxyl groups excluding tert-OH is 1. The SMILES string of the molecule is C[C@@H]1O[C@@]1(C)CC[C@@H](O)C1CCCC1. The van der Waals surface area contributed by atoms with Crippen LogP contribution in [0.1, 0.15) is 52.4 Å². The highest BCUT2D eigenvalue weighted by Gasteiger charge is 2.48. The summed E-state index contributed by atoms with van der Waals surface area (Å²) in [5.41, 5.74) is 0.0829. The van der Waals surface area contributed by atoms with E-state index in [1.165, 1.54) is 25.7 Å². The van der Waals surface area contributed by atoms with Crippen LogP contribution in [0.2, 0.25) is 0 Å². The van der Waals surface area contributed by atoms with E-state index in [0.29, 0.717) is 12.0 Å². The topological polar surface area (TPSA) is 32.8 Å². The third-order valence-electron chi connectivity index (χ3n) is 4.13. The fourth-order valence-corrected chi connectivity index (χ4v) is 2.64. The summed E-state index contributed by atoms with van der Waals surface area (Å²) in [6.07, 6.45) is 7.35. The summed E-state index contributed by atoms with van der Waals surface area (Å²) < 4.78 is 5.51. The van der Waals surface area contributed by atoms with Crippen LogP contribution in [0.4, 0.5) is 0 Å². The Labute approximate surface area is 86.6 Å². The summed E-state index contributed by atoms with van der Waals surface area (Å²) in [7, 11) is 0. The van der Waals surface area contributed by atoms with Gasteiger partial charge in [-0.3, -0.25) is 0 Å². The number of rotatable bonds is 4. The van der Waals surface area contributed by atoms with E-state index < -0.39 is 0 Å². The fraction of sp³-hybridized carbons (Fsp3) is 1.00. The molecule has 1 saturated carbocycles. The summed E-state index contributed by atoms with van der Waals surface area (Å²) in [5.74, 6) is 0.577. The lowest BCUT2D eigenvalue weighted by Gasteiger charge is -2.18. The highest BCUT2D eigenvalue weighted by atomic mass is 16.6. The molecule has 0 aromatic rings. The van der Waals surface area contributed by atoms with Crippen LogP contribution in [0.3, 0.4) is 0 Å². The van der Waals surface area contributed by atoms with E-state index in [1.54, 1.807) is 0 Å². The molecule has 0 spiro atoms. The van der Waals surface area contributed by atoms with Gasteiger partial charge >= 0.3 is 0 Å². The Morgan fingerprint density at radius 2 is 2.00 bits per heavy atom. The van der Waals surface area contributed by atoms with Crippen molar-refractivity contribution in [2.24, 2.45) is 5.92 Å². The van der Waals surface area contributed by atoms with Crippen LogP contribution in [0, 0.1) is 5.92 Å². The molecule has 82 valence electrons. The van der Waals surface area contributed by atoms with Gasteiger partial charge in [-0.2, -0.15) is 0 Å². The summed E-state index contributed by atoms with van der Waals surface area (Å²) >= 11 is 0. The minimum Gasteiger partial charge on any atom is -0.393 e. The third kappa shape index (κ3) is 2.12. The van der Waals surface area contributed by atoms with Gasteiger partial charge in [-0.05, 0) is 45.4 Å². The Hall–Kier alpha value is -0.0800. The molecule has 0 radical (unpaired) electrons. The molecule has 1 heterocycles. The van der Waals surface area contributed by atoms with Crippen molar-refractivity contribution in [2.75, 3.05) is 0 Å². The van der Waals surface area contributed by atoms with Crippen molar-refractivity contribution in [2.45, 2.75) is 70.2 Å². The molecule has 1 aliphatic heterocycles. The Balaban J connectivity index is 1.69. The van der Waals surface area contributed by atoms with Gasteiger partial charge in [0.1, 0.15) is 0 Å². The van der Waals surface area contributed by atoms with Gasteiger partial charge in [-0.25, -0.2) is 0 Å². The molecule has 0 aromatic carbocycles. The van der Waals surface area contributed by atoms with Crippen LogP contribution in [0.5, 0.6) is 0 Å². The largest absolute Gasteiger partial charge is 0.393 e. The number of epoxide rings is 1. The Morgan fingerprint density at radius 1 is 1.43 bits per heavy atom. The second-order valence-corrected chi connectivity index (χ2v) is 5.22. The highest BCUT2D eigenvalue weighted by Crippen LogP contribution is 2.41. The third-order valence-corrected chi connectivity index (χ3v) is 4.13. The normalized spacial score (nSPS) is 40.1. The van der Waals surface area contributed by atoms with Crippen molar-refractivity contribution < 1.29 is 9.84 Å². The summed E-state index contributed by atoms with van der Waals surface area (Å²) in [5, 5.41) is 9.97. The van der Waals surface area contributed by atoms with Crippen molar-refractivity contribution >= 4 is 0 Å². The minimum atomic E-state index is -0.0780. The molecular formula is C12H22O2. The highest BCUT2D eigenvalue weighted by molar-refractivity contribution is 4.96. The van der Waals surface area contributed by atoms with Gasteiger partial charge in [-0.15, -0.1) is 0 Å². The number of hydrogen-bond donors (Lipinski definition) is 1. The molecule has 0 amide bonds. The maximum atomic E-state index is 9.97. The van der Waals surface area contributed by atoms with E-state index in [1.807, 2.05) is 0 Å². The summed E-state index contributed by atoms with van der Waals surface area (Å²) in [4.78, 5) is 0. The fourth-order valence-electron chi connectivity index (χ4n) is 2.64. The van der Waals surface area contributed by atoms with Crippen molar-refractivity contribution in [3.63, 3.8) is 0 Å². The average molecular weight is 198 g/mol. The first-order valence-electron chi connectivity index (χ1n) is 5.98. The molecule has 14 heavy (non-hydrogen) atoms. The van der Waals surface area contributed by atoms with E-state index in [0.717, 1.165) is 12.8 Å². The molecule has 1 aliphatic carbocycles. The molecule has 2 aliphatic rings. The molecule has 2 fully saturated rings. The van der Waals surface area contributed by atoms with Crippen molar-refractivity contribution in [1.29, 1.82) is 0 Å². The van der Waals surface area contributed by atoms with Crippen LogP contribution in [0.15, 0.2) is 0 Å². The Kier molecular flexibility index (Phi) is 2.85. The molecule has 2 nitrogen and oxygen atoms in total. The second-order valence-electron chi connectivity index (χ2n) is 5.22. The van der Waals surface area contributed by atoms with Gasteiger partial charge in [0.25, 0.3) is 0 Å². The van der Waals surface area contributed by atoms with Gasteiger partial charge in [0.15, 0.2) is 0 Å². The summed E-state index contributed by atoms with van der Waals surface area (Å²) in [6.45, 7) is 4.26. The first-order valence-corrected chi connectivity index (χ1v) is 5.98. The van der Waals surface area contributed by atoms with E-state index in [-0.39, 0.29) is 11.7 Å². The minimum absolute atomic E-state index is 0.0780. The lowest BCUT2D eigenvalue weighted by atomic mass is 9.92. The quantitative estimate of drug-likeness (QED) is 0.704. The van der Waals surface area contributed by atoms with Crippen LogP contribution in [-0.4, -0.2) is 22.9 Å². The van der Waals surface area contributed by atoms with Gasteiger partial charge in [-0.1, -0.05) is 12.8 Å². The summed E-state index contributed by atoms with van der Waals surface area (Å²) in [6, 6.07) is 0. The maximum absolute atomic E-state index is 9.97. The lowest BCUT2D eigenvalue weighted by Crippen LogP contribution is -2.20. The molecular weight excluding hydrogens is 176 g/mol. The van der Waals surface area contributed by atoms with Crippen LogP contribution >= 0.6 is 0 Å². The molecule has 0 aromatic heterocycles. The van der Waals surface area contributed by atoms with E-state index in [9.17, 15) is 5.11 Å². The van der Waals surface area contributed by atoms with E-state index in [2.05, 4.69) is 13.8 Å². The zero-order valence-electron chi connectivity index (χ0n) is 9.33. The first kappa shape index (κ1) is 10.4. The molecule has 0 bridgehead atoms. The predicted molar refractivity (Wildman–Crippen MR) is 56.2 cm³/mol. The second kappa shape index (κ2) is 3.82. The van der Waals surface area contributed by atoms with Crippen molar-refractivity contribution in [1.82, 2.24) is 0 Å². The van der Waals surface area contributed by atoms with Gasteiger partial charge in [0.05, 0.1) is 17.8 Å². The van der Waals surface area contributed by atoms with Gasteiger partial charge < -0.3 is 9.84 Å². The van der Waals surface area contributed by atoms with Crippen LogP contribution < -0.4 is 0 Å². The molecule has 0 unspecified atom stereocenters. The zero-order valence-corrected chi connectivity index (χ0v) is 9.33. The monoisotopic (exact) mass is 198 g/mol. The van der Waals surface area contributed by atoms with Crippen LogP contribution in [-0.2, 0) is 4.74 Å². The van der Waals surface area contributed by atoms with Gasteiger partial charge in [0.2, 0.25) is 0 Å². The zero-order chi connectivity index (χ0) is 10.2. The first-order chi connectivity index (χ1) is 6.62. The Morgan fingerprint density at radius 3 is 2.50 bits per heavy atom. The molecule has 2 heteroatoms. The van der Waals surface area contributed by atoms with Gasteiger partial charge in [0, 0.05) is 0 Å². The molecule has 2 rings (SSSR count). The maximum Gasteiger partial charge on any atom is 0.0918 e. The van der Waals surface area contributed by atoms with E-state index in [4.69, 9.17) is 4.74 Å². The van der Waals surface area contributed by atoms with E-state index >= 15 is 0 Å². The van der Waals surface area contributed by atoms with Crippen molar-refractivity contribution in [3.8, 4) is 0 Å². The number of hydrogen-bond acceptors (Lipinski definition) is 2. The molecule has 1 N–H and O–H groups in total. The standard InChI is InChI=1S/C12H22O2/c1-9-12(2,14-9)8-7-11(13)10-5-3-4-6-10/h9-11,13H,3-8H2,1-2H3/t9-,11+,12-/m0/s1. The smallest absolute Gasteiger partial charge is 0.0918 e. The average Bonchev–Trinajstić information content (AvgIpc) is 2.61. The number of ether oxygens (including phenoxy) is 1. The van der Waals surface area contributed by atoms with Crippen LogP contribution in [0.25, 0.3) is 0 Å². The molecule has 3 atom stereocenters. The van der Waals surface area contributed by atoms with Crippen molar-refractivity contribution in [3.05, 3.63) is 0 Å². The molecule has 1 saturated heterocycles. The lowest BCUT2D eigenvalue weighted by molar-refractivity contribution is 0.0917. The number of aliphatic hydroxyl groups is 1. The Bertz CT molecular complexity index is 198.